The zero-order chi connectivity index (χ0) is 22.0. The highest BCUT2D eigenvalue weighted by atomic mass is 35.5. The van der Waals surface area contributed by atoms with Gasteiger partial charge in [-0.15, -0.1) is 12.4 Å². The van der Waals surface area contributed by atoms with Gasteiger partial charge in [-0.2, -0.15) is 0 Å². The zero-order valence-corrected chi connectivity index (χ0v) is 18.8. The van der Waals surface area contributed by atoms with Gasteiger partial charge in [0.05, 0.1) is 11.7 Å². The summed E-state index contributed by atoms with van der Waals surface area (Å²) in [6.45, 7) is 4.04. The summed E-state index contributed by atoms with van der Waals surface area (Å²) in [5.41, 5.74) is 4.81. The van der Waals surface area contributed by atoms with Crippen molar-refractivity contribution in [1.29, 1.82) is 0 Å². The van der Waals surface area contributed by atoms with Crippen LogP contribution in [0.4, 0.5) is 10.1 Å². The van der Waals surface area contributed by atoms with E-state index in [4.69, 9.17) is 4.98 Å². The van der Waals surface area contributed by atoms with E-state index >= 15 is 0 Å². The molecule has 1 atom stereocenters. The van der Waals surface area contributed by atoms with Gasteiger partial charge in [0.25, 0.3) is 5.91 Å². The number of hydrogen-bond acceptors (Lipinski definition) is 3. The van der Waals surface area contributed by atoms with Crippen LogP contribution in [0.5, 0.6) is 0 Å². The first kappa shape index (κ1) is 23.4. The first-order chi connectivity index (χ1) is 14.9. The fourth-order valence-electron chi connectivity index (χ4n) is 4.06. The zero-order valence-electron chi connectivity index (χ0n) is 18.0. The molecule has 0 bridgehead atoms. The van der Waals surface area contributed by atoms with E-state index < -0.39 is 0 Å². The van der Waals surface area contributed by atoms with Gasteiger partial charge < -0.3 is 10.2 Å². The summed E-state index contributed by atoms with van der Waals surface area (Å²) in [5, 5.41) is 2.71. The van der Waals surface area contributed by atoms with Crippen LogP contribution in [-0.2, 0) is 4.79 Å². The van der Waals surface area contributed by atoms with E-state index in [1.165, 1.54) is 19.1 Å². The van der Waals surface area contributed by atoms with Crippen LogP contribution in [0.2, 0.25) is 0 Å². The standard InChI is InChI=1S/C25H24FN3O2.ClH/c1-16-14-20(18-5-9-21(26)10-6-18)15-23(27-16)24-4-3-13-29(24)25(31)19-7-11-22(12-8-19)28-17(2)30;/h5-12,14-15,24H,3-4,13H2,1-2H3,(H,28,30);1H. The van der Waals surface area contributed by atoms with Gasteiger partial charge in [-0.1, -0.05) is 12.1 Å². The average Bonchev–Trinajstić information content (AvgIpc) is 3.23. The maximum absolute atomic E-state index is 13.3. The van der Waals surface area contributed by atoms with E-state index in [0.29, 0.717) is 17.8 Å². The molecule has 0 radical (unpaired) electrons. The molecular formula is C25H25ClFN3O2. The largest absolute Gasteiger partial charge is 0.330 e. The predicted molar refractivity (Wildman–Crippen MR) is 125 cm³/mol. The minimum atomic E-state index is -0.271. The molecule has 1 aliphatic rings. The lowest BCUT2D eigenvalue weighted by molar-refractivity contribution is -0.114. The van der Waals surface area contributed by atoms with Gasteiger partial charge in [-0.05, 0) is 79.4 Å². The topological polar surface area (TPSA) is 62.3 Å². The third kappa shape index (κ3) is 5.14. The molecule has 32 heavy (non-hydrogen) atoms. The number of aryl methyl sites for hydroxylation is 1. The average molecular weight is 454 g/mol. The molecule has 1 saturated heterocycles. The van der Waals surface area contributed by atoms with E-state index in [9.17, 15) is 14.0 Å². The Labute approximate surface area is 193 Å². The smallest absolute Gasteiger partial charge is 0.254 e. The monoisotopic (exact) mass is 453 g/mol. The molecule has 1 aliphatic heterocycles. The molecule has 1 N–H and O–H groups in total. The molecule has 3 aromatic rings. The molecule has 2 heterocycles. The third-order valence-corrected chi connectivity index (χ3v) is 5.46. The fraction of sp³-hybridized carbons (Fsp3) is 0.240. The Hall–Kier alpha value is -3.25. The molecule has 7 heteroatoms. The number of likely N-dealkylation sites (tertiary alicyclic amines) is 1. The van der Waals surface area contributed by atoms with Gasteiger partial charge in [0.1, 0.15) is 5.82 Å². The molecule has 2 amide bonds. The van der Waals surface area contributed by atoms with E-state index in [1.54, 1.807) is 36.4 Å². The van der Waals surface area contributed by atoms with Gasteiger partial charge in [0, 0.05) is 30.4 Å². The number of pyridine rings is 1. The summed E-state index contributed by atoms with van der Waals surface area (Å²) in [6.07, 6.45) is 1.75. The molecule has 0 saturated carbocycles. The van der Waals surface area contributed by atoms with Crippen molar-refractivity contribution in [3.05, 3.63) is 83.4 Å². The van der Waals surface area contributed by atoms with E-state index in [1.807, 2.05) is 24.0 Å². The normalized spacial score (nSPS) is 15.2. The van der Waals surface area contributed by atoms with E-state index in [2.05, 4.69) is 5.32 Å². The highest BCUT2D eigenvalue weighted by Gasteiger charge is 2.32. The van der Waals surface area contributed by atoms with Crippen LogP contribution in [-0.4, -0.2) is 28.2 Å². The molecule has 1 aromatic heterocycles. The summed E-state index contributed by atoms with van der Waals surface area (Å²) in [4.78, 5) is 31.0. The highest BCUT2D eigenvalue weighted by Crippen LogP contribution is 2.34. The minimum absolute atomic E-state index is 0. The summed E-state index contributed by atoms with van der Waals surface area (Å²) in [7, 11) is 0. The van der Waals surface area contributed by atoms with Crippen LogP contribution in [0.15, 0.2) is 60.7 Å². The van der Waals surface area contributed by atoms with Crippen molar-refractivity contribution >= 4 is 29.9 Å². The van der Waals surface area contributed by atoms with Crippen molar-refractivity contribution in [3.8, 4) is 11.1 Å². The predicted octanol–water partition coefficient (Wildman–Crippen LogP) is 5.55. The van der Waals surface area contributed by atoms with Crippen molar-refractivity contribution in [1.82, 2.24) is 9.88 Å². The quantitative estimate of drug-likeness (QED) is 0.563. The highest BCUT2D eigenvalue weighted by molar-refractivity contribution is 5.96. The number of nitrogens with zero attached hydrogens (tertiary/aromatic N) is 2. The Balaban J connectivity index is 0.00000289. The first-order valence-corrected chi connectivity index (χ1v) is 10.3. The Morgan fingerprint density at radius 3 is 2.38 bits per heavy atom. The summed E-state index contributed by atoms with van der Waals surface area (Å²) in [6, 6.07) is 17.2. The van der Waals surface area contributed by atoms with E-state index in [0.717, 1.165) is 35.4 Å². The van der Waals surface area contributed by atoms with Crippen LogP contribution in [0.1, 0.15) is 47.6 Å². The molecular weight excluding hydrogens is 429 g/mol. The number of anilines is 1. The van der Waals surface area contributed by atoms with Crippen molar-refractivity contribution < 1.29 is 14.0 Å². The lowest BCUT2D eigenvalue weighted by atomic mass is 10.0. The third-order valence-electron chi connectivity index (χ3n) is 5.46. The molecule has 5 nitrogen and oxygen atoms in total. The first-order valence-electron chi connectivity index (χ1n) is 10.3. The van der Waals surface area contributed by atoms with Crippen molar-refractivity contribution in [3.63, 3.8) is 0 Å². The van der Waals surface area contributed by atoms with Gasteiger partial charge in [-0.3, -0.25) is 14.6 Å². The van der Waals surface area contributed by atoms with Gasteiger partial charge in [-0.25, -0.2) is 4.39 Å². The lowest BCUT2D eigenvalue weighted by Gasteiger charge is -2.25. The number of rotatable bonds is 4. The van der Waals surface area contributed by atoms with Gasteiger partial charge >= 0.3 is 0 Å². The number of halogens is 2. The number of aromatic nitrogens is 1. The van der Waals surface area contributed by atoms with Crippen LogP contribution in [0.25, 0.3) is 11.1 Å². The van der Waals surface area contributed by atoms with Gasteiger partial charge in [0.15, 0.2) is 0 Å². The molecule has 1 unspecified atom stereocenters. The number of hydrogen-bond donors (Lipinski definition) is 1. The number of carbonyl (C=O) groups excluding carboxylic acids is 2. The Bertz CT molecular complexity index is 1120. The summed E-state index contributed by atoms with van der Waals surface area (Å²) in [5.74, 6) is -0.475. The summed E-state index contributed by atoms with van der Waals surface area (Å²) < 4.78 is 13.3. The Kier molecular flexibility index (Phi) is 7.26. The minimum Gasteiger partial charge on any atom is -0.330 e. The lowest BCUT2D eigenvalue weighted by Crippen LogP contribution is -2.31. The SMILES string of the molecule is CC(=O)Nc1ccc(C(=O)N2CCCC2c2cc(-c3ccc(F)cc3)cc(C)n2)cc1.Cl. The number of carbonyl (C=O) groups is 2. The molecule has 2 aromatic carbocycles. The fourth-order valence-corrected chi connectivity index (χ4v) is 4.06. The second-order valence-corrected chi connectivity index (χ2v) is 7.84. The van der Waals surface area contributed by atoms with Crippen LogP contribution < -0.4 is 5.32 Å². The second-order valence-electron chi connectivity index (χ2n) is 7.84. The van der Waals surface area contributed by atoms with E-state index in [-0.39, 0.29) is 36.1 Å². The van der Waals surface area contributed by atoms with Crippen molar-refractivity contribution in [2.75, 3.05) is 11.9 Å². The Morgan fingerprint density at radius 2 is 1.72 bits per heavy atom. The molecule has 0 spiro atoms. The number of amides is 2. The number of nitrogens with one attached hydrogen (secondary N) is 1. The van der Waals surface area contributed by atoms with Crippen LogP contribution >= 0.6 is 12.4 Å². The molecule has 166 valence electrons. The van der Waals surface area contributed by atoms with Crippen molar-refractivity contribution in [2.24, 2.45) is 0 Å². The maximum atomic E-state index is 13.3. The van der Waals surface area contributed by atoms with Crippen molar-refractivity contribution in [2.45, 2.75) is 32.7 Å². The maximum Gasteiger partial charge on any atom is 0.254 e. The van der Waals surface area contributed by atoms with Crippen LogP contribution in [0.3, 0.4) is 0 Å². The molecule has 0 aliphatic carbocycles. The van der Waals surface area contributed by atoms with Gasteiger partial charge in [0.2, 0.25) is 5.91 Å². The second kappa shape index (κ2) is 9.92. The summed E-state index contributed by atoms with van der Waals surface area (Å²) >= 11 is 0. The Morgan fingerprint density at radius 1 is 1.03 bits per heavy atom. The van der Waals surface area contributed by atoms with Crippen LogP contribution in [0, 0.1) is 12.7 Å². The molecule has 4 rings (SSSR count). The molecule has 1 fully saturated rings. The number of benzene rings is 2.